The molecule has 108 valence electrons. The van der Waals surface area contributed by atoms with Crippen molar-refractivity contribution in [2.45, 2.75) is 11.3 Å². The quantitative estimate of drug-likeness (QED) is 0.657. The molecule has 0 aliphatic heterocycles. The summed E-state index contributed by atoms with van der Waals surface area (Å²) in [4.78, 5) is -0.614. The fourth-order valence-corrected chi connectivity index (χ4v) is 3.84. The van der Waals surface area contributed by atoms with Crippen molar-refractivity contribution in [3.05, 3.63) is 28.5 Å². The second-order valence-electron chi connectivity index (χ2n) is 3.52. The van der Waals surface area contributed by atoms with Crippen molar-refractivity contribution in [2.24, 2.45) is 0 Å². The van der Waals surface area contributed by atoms with Crippen molar-refractivity contribution < 1.29 is 21.6 Å². The number of benzene rings is 1. The lowest BCUT2D eigenvalue weighted by Crippen LogP contribution is -2.37. The first-order chi connectivity index (χ1) is 8.78. The Morgan fingerprint density at radius 1 is 1.32 bits per heavy atom. The molecule has 0 radical (unpaired) electrons. The van der Waals surface area contributed by atoms with Gasteiger partial charge in [-0.3, -0.25) is 0 Å². The molecule has 0 spiro atoms. The molecule has 1 aromatic rings. The number of alkyl halides is 3. The summed E-state index contributed by atoms with van der Waals surface area (Å²) in [7, 11) is -4.28. The molecule has 0 heterocycles. The van der Waals surface area contributed by atoms with Gasteiger partial charge in [0.2, 0.25) is 10.0 Å². The zero-order valence-corrected chi connectivity index (χ0v) is 13.5. The minimum atomic E-state index is -4.28. The number of halogens is 5. The van der Waals surface area contributed by atoms with Crippen LogP contribution in [0.15, 0.2) is 27.6 Å². The van der Waals surface area contributed by atoms with Gasteiger partial charge in [0, 0.05) is 16.3 Å². The lowest BCUT2D eigenvalue weighted by atomic mass is 10.3. The first kappa shape index (κ1) is 16.9. The second-order valence-corrected chi connectivity index (χ2v) is 7.13. The van der Waals surface area contributed by atoms with Gasteiger partial charge in [-0.05, 0) is 18.2 Å². The van der Waals surface area contributed by atoms with Crippen LogP contribution >= 0.6 is 31.9 Å². The molecule has 0 aliphatic carbocycles. The monoisotopic (exact) mass is 423 g/mol. The Balaban J connectivity index is 3.18. The van der Waals surface area contributed by atoms with Crippen molar-refractivity contribution in [2.75, 3.05) is 18.4 Å². The summed E-state index contributed by atoms with van der Waals surface area (Å²) in [6.45, 7) is -1.13. The van der Waals surface area contributed by atoms with Gasteiger partial charge in [0.15, 0.2) is 0 Å². The van der Waals surface area contributed by atoms with E-state index in [9.17, 15) is 21.6 Å². The lowest BCUT2D eigenvalue weighted by molar-refractivity contribution is 0.121. The van der Waals surface area contributed by atoms with Crippen molar-refractivity contribution in [1.29, 1.82) is 0 Å². The lowest BCUT2D eigenvalue weighted by Gasteiger charge is -2.21. The van der Waals surface area contributed by atoms with Crippen molar-refractivity contribution in [3.8, 4) is 0 Å². The second kappa shape index (κ2) is 7.05. The molecule has 0 fully saturated rings. The minimum Gasteiger partial charge on any atom is -0.209 e. The fourth-order valence-electron chi connectivity index (χ4n) is 1.38. The topological polar surface area (TPSA) is 37.4 Å². The van der Waals surface area contributed by atoms with Crippen LogP contribution in [0.3, 0.4) is 0 Å². The Labute approximate surface area is 126 Å². The van der Waals surface area contributed by atoms with Crippen LogP contribution in [-0.4, -0.2) is 37.6 Å². The van der Waals surface area contributed by atoms with E-state index in [2.05, 4.69) is 31.9 Å². The highest BCUT2D eigenvalue weighted by Gasteiger charge is 2.29. The molecule has 0 saturated heterocycles. The SMILES string of the molecule is O=S(=O)(c1ccc(Br)cc1F)N(CCBr)CC(F)F. The third-order valence-electron chi connectivity index (χ3n) is 2.19. The van der Waals surface area contributed by atoms with Crippen LogP contribution in [0, 0.1) is 5.82 Å². The Kier molecular flexibility index (Phi) is 6.28. The molecular formula is C10H10Br2F3NO2S. The Hall–Kier alpha value is -0.120. The van der Waals surface area contributed by atoms with E-state index < -0.39 is 33.7 Å². The van der Waals surface area contributed by atoms with Crippen LogP contribution in [0.4, 0.5) is 13.2 Å². The van der Waals surface area contributed by atoms with Crippen molar-refractivity contribution in [1.82, 2.24) is 4.31 Å². The van der Waals surface area contributed by atoms with Crippen LogP contribution in [0.5, 0.6) is 0 Å². The Morgan fingerprint density at radius 2 is 1.95 bits per heavy atom. The van der Waals surface area contributed by atoms with Crippen LogP contribution in [-0.2, 0) is 10.0 Å². The minimum absolute atomic E-state index is 0.165. The summed E-state index contributed by atoms with van der Waals surface area (Å²) in [5, 5.41) is 0.178. The maximum Gasteiger partial charge on any atom is 0.252 e. The molecule has 1 aromatic carbocycles. The molecular weight excluding hydrogens is 415 g/mol. The molecule has 19 heavy (non-hydrogen) atoms. The van der Waals surface area contributed by atoms with Crippen molar-refractivity contribution >= 4 is 41.9 Å². The maximum absolute atomic E-state index is 13.6. The van der Waals surface area contributed by atoms with Gasteiger partial charge in [-0.2, -0.15) is 4.31 Å². The van der Waals surface area contributed by atoms with Gasteiger partial charge in [-0.1, -0.05) is 31.9 Å². The van der Waals surface area contributed by atoms with E-state index in [0.29, 0.717) is 8.78 Å². The van der Waals surface area contributed by atoms with E-state index in [-0.39, 0.29) is 11.9 Å². The van der Waals surface area contributed by atoms with E-state index in [1.54, 1.807) is 0 Å². The van der Waals surface area contributed by atoms with Gasteiger partial charge in [0.25, 0.3) is 6.43 Å². The van der Waals surface area contributed by atoms with Gasteiger partial charge >= 0.3 is 0 Å². The zero-order chi connectivity index (χ0) is 14.6. The highest BCUT2D eigenvalue weighted by molar-refractivity contribution is 9.10. The third-order valence-corrected chi connectivity index (χ3v) is 4.93. The Morgan fingerprint density at radius 3 is 2.42 bits per heavy atom. The predicted octanol–water partition coefficient (Wildman–Crippen LogP) is 3.24. The molecule has 0 N–H and O–H groups in total. The summed E-state index contributed by atoms with van der Waals surface area (Å²) in [5.41, 5.74) is 0. The van der Waals surface area contributed by atoms with Crippen LogP contribution in [0.2, 0.25) is 0 Å². The van der Waals surface area contributed by atoms with Crippen LogP contribution in [0.25, 0.3) is 0 Å². The maximum atomic E-state index is 13.6. The van der Waals surface area contributed by atoms with Crippen LogP contribution < -0.4 is 0 Å². The average molecular weight is 425 g/mol. The van der Waals surface area contributed by atoms with E-state index >= 15 is 0 Å². The molecule has 0 bridgehead atoms. The van der Waals surface area contributed by atoms with Gasteiger partial charge < -0.3 is 0 Å². The molecule has 0 atom stereocenters. The third kappa shape index (κ3) is 4.44. The molecule has 1 rings (SSSR count). The molecule has 3 nitrogen and oxygen atoms in total. The normalized spacial score (nSPS) is 12.4. The zero-order valence-electron chi connectivity index (χ0n) is 9.49. The number of nitrogens with zero attached hydrogens (tertiary/aromatic N) is 1. The standard InChI is InChI=1S/C10H10Br2F3NO2S/c11-3-4-16(6-10(14)15)19(17,18)9-2-1-7(12)5-8(9)13/h1-2,5,10H,3-4,6H2. The largest absolute Gasteiger partial charge is 0.252 e. The number of hydrogen-bond donors (Lipinski definition) is 0. The molecule has 9 heteroatoms. The van der Waals surface area contributed by atoms with E-state index in [0.717, 1.165) is 12.1 Å². The number of sulfonamides is 1. The first-order valence-corrected chi connectivity index (χ1v) is 8.43. The molecule has 0 aromatic heterocycles. The average Bonchev–Trinajstić information content (AvgIpc) is 2.27. The van der Waals surface area contributed by atoms with Gasteiger partial charge in [0.05, 0.1) is 6.54 Å². The fraction of sp³-hybridized carbons (Fsp3) is 0.400. The molecule has 0 amide bonds. The summed E-state index contributed by atoms with van der Waals surface area (Å²) in [5.74, 6) is -0.983. The van der Waals surface area contributed by atoms with Gasteiger partial charge in [-0.25, -0.2) is 21.6 Å². The van der Waals surface area contributed by atoms with Gasteiger partial charge in [0.1, 0.15) is 10.7 Å². The summed E-state index contributed by atoms with van der Waals surface area (Å²) in [6, 6.07) is 3.35. The molecule has 0 aliphatic rings. The number of hydrogen-bond acceptors (Lipinski definition) is 2. The van der Waals surface area contributed by atoms with Gasteiger partial charge in [-0.15, -0.1) is 0 Å². The highest BCUT2D eigenvalue weighted by atomic mass is 79.9. The Bertz CT molecular complexity index is 540. The molecule has 0 saturated carbocycles. The van der Waals surface area contributed by atoms with Crippen molar-refractivity contribution in [3.63, 3.8) is 0 Å². The summed E-state index contributed by atoms with van der Waals surface area (Å²) in [6.07, 6.45) is -2.83. The van der Waals surface area contributed by atoms with E-state index in [1.807, 2.05) is 0 Å². The van der Waals surface area contributed by atoms with Crippen LogP contribution in [0.1, 0.15) is 0 Å². The smallest absolute Gasteiger partial charge is 0.209 e. The van der Waals surface area contributed by atoms with E-state index in [4.69, 9.17) is 0 Å². The predicted molar refractivity (Wildman–Crippen MR) is 72.7 cm³/mol. The summed E-state index contributed by atoms with van der Waals surface area (Å²) >= 11 is 5.98. The van der Waals surface area contributed by atoms with E-state index in [1.165, 1.54) is 6.07 Å². The highest BCUT2D eigenvalue weighted by Crippen LogP contribution is 2.23. The molecule has 0 unspecified atom stereocenters. The number of rotatable bonds is 6. The summed E-state index contributed by atoms with van der Waals surface area (Å²) < 4.78 is 63.6. The first-order valence-electron chi connectivity index (χ1n) is 5.08.